The van der Waals surface area contributed by atoms with Crippen LogP contribution in [0.1, 0.15) is 30.6 Å². The van der Waals surface area contributed by atoms with Crippen molar-refractivity contribution >= 4 is 11.8 Å². The van der Waals surface area contributed by atoms with Crippen LogP contribution in [0.3, 0.4) is 0 Å². The Balaban J connectivity index is 1.84. The van der Waals surface area contributed by atoms with Crippen LogP contribution in [-0.2, 0) is 4.79 Å². The zero-order chi connectivity index (χ0) is 17.5. The van der Waals surface area contributed by atoms with E-state index in [0.29, 0.717) is 32.6 Å². The molecule has 1 fully saturated rings. The van der Waals surface area contributed by atoms with Crippen LogP contribution in [0.25, 0.3) is 0 Å². The van der Waals surface area contributed by atoms with E-state index in [4.69, 9.17) is 0 Å². The zero-order valence-electron chi connectivity index (χ0n) is 14.5. The van der Waals surface area contributed by atoms with E-state index in [2.05, 4.69) is 18.7 Å². The topological polar surface area (TPSA) is 43.9 Å². The van der Waals surface area contributed by atoms with Crippen LogP contribution in [0.4, 0.5) is 4.39 Å². The molecule has 0 aromatic heterocycles. The van der Waals surface area contributed by atoms with Crippen molar-refractivity contribution < 1.29 is 14.0 Å². The summed E-state index contributed by atoms with van der Waals surface area (Å²) in [5.41, 5.74) is 0.0961. The molecule has 1 aliphatic rings. The van der Waals surface area contributed by atoms with Gasteiger partial charge in [-0.15, -0.1) is 0 Å². The predicted octanol–water partition coefficient (Wildman–Crippen LogP) is 1.84. The van der Waals surface area contributed by atoms with E-state index in [1.807, 2.05) is 0 Å². The number of nitrogens with zero attached hydrogens (tertiary/aromatic N) is 3. The molecule has 6 heteroatoms. The molecule has 1 aromatic rings. The number of hydrogen-bond donors (Lipinski definition) is 0. The molecule has 0 spiro atoms. The fraction of sp³-hybridized carbons (Fsp3) is 0.556. The Labute approximate surface area is 143 Å². The molecule has 1 aromatic carbocycles. The van der Waals surface area contributed by atoms with Crippen LogP contribution >= 0.6 is 0 Å². The van der Waals surface area contributed by atoms with Gasteiger partial charge in [0.1, 0.15) is 5.82 Å². The second-order valence-corrected chi connectivity index (χ2v) is 5.93. The zero-order valence-corrected chi connectivity index (χ0v) is 14.5. The highest BCUT2D eigenvalue weighted by Gasteiger charge is 2.26. The lowest BCUT2D eigenvalue weighted by atomic mass is 10.1. The van der Waals surface area contributed by atoms with Crippen molar-refractivity contribution in [2.45, 2.75) is 20.3 Å². The summed E-state index contributed by atoms with van der Waals surface area (Å²) in [6.45, 7) is 8.73. The number of carbonyl (C=O) groups excluding carboxylic acids is 2. The number of benzene rings is 1. The number of halogens is 1. The third-order valence-electron chi connectivity index (χ3n) is 4.56. The third kappa shape index (κ3) is 4.54. The van der Waals surface area contributed by atoms with Gasteiger partial charge in [0.25, 0.3) is 5.91 Å². The average molecular weight is 335 g/mol. The van der Waals surface area contributed by atoms with Crippen LogP contribution in [0, 0.1) is 5.82 Å². The van der Waals surface area contributed by atoms with Gasteiger partial charge in [0.2, 0.25) is 5.91 Å². The van der Waals surface area contributed by atoms with E-state index < -0.39 is 5.82 Å². The lowest BCUT2D eigenvalue weighted by Crippen LogP contribution is -2.51. The number of carbonyl (C=O) groups is 2. The first-order valence-corrected chi connectivity index (χ1v) is 8.60. The molecule has 0 aliphatic carbocycles. The van der Waals surface area contributed by atoms with E-state index in [9.17, 15) is 14.0 Å². The molecule has 1 saturated heterocycles. The molecule has 1 heterocycles. The maximum atomic E-state index is 13.7. The van der Waals surface area contributed by atoms with Gasteiger partial charge >= 0.3 is 0 Å². The minimum absolute atomic E-state index is 0.0961. The van der Waals surface area contributed by atoms with E-state index in [1.54, 1.807) is 21.9 Å². The Morgan fingerprint density at radius 1 is 1.04 bits per heavy atom. The van der Waals surface area contributed by atoms with Gasteiger partial charge in [-0.2, -0.15) is 0 Å². The molecule has 0 N–H and O–H groups in total. The second kappa shape index (κ2) is 8.78. The molecular formula is C18H26FN3O2. The normalized spacial score (nSPS) is 15.0. The largest absolute Gasteiger partial charge is 0.339 e. The summed E-state index contributed by atoms with van der Waals surface area (Å²) in [4.78, 5) is 30.3. The van der Waals surface area contributed by atoms with Crippen LogP contribution in [-0.4, -0.2) is 72.3 Å². The summed E-state index contributed by atoms with van der Waals surface area (Å²) >= 11 is 0. The van der Waals surface area contributed by atoms with Crippen molar-refractivity contribution in [1.82, 2.24) is 14.7 Å². The Kier molecular flexibility index (Phi) is 6.73. The van der Waals surface area contributed by atoms with Gasteiger partial charge in [0.15, 0.2) is 0 Å². The SMILES string of the molecule is CCN(CC)CCC(=O)N1CCN(C(=O)c2ccccc2F)CC1. The molecule has 2 rings (SSSR count). The number of rotatable bonds is 6. The maximum absolute atomic E-state index is 13.7. The van der Waals surface area contributed by atoms with Crippen molar-refractivity contribution in [1.29, 1.82) is 0 Å². The molecule has 2 amide bonds. The van der Waals surface area contributed by atoms with E-state index in [-0.39, 0.29) is 17.4 Å². The predicted molar refractivity (Wildman–Crippen MR) is 91.3 cm³/mol. The Hall–Kier alpha value is -1.95. The number of piperazine rings is 1. The lowest BCUT2D eigenvalue weighted by Gasteiger charge is -2.35. The number of amides is 2. The lowest BCUT2D eigenvalue weighted by molar-refractivity contribution is -0.133. The molecule has 0 unspecified atom stereocenters. The highest BCUT2D eigenvalue weighted by atomic mass is 19.1. The molecule has 132 valence electrons. The van der Waals surface area contributed by atoms with E-state index in [1.165, 1.54) is 12.1 Å². The summed E-state index contributed by atoms with van der Waals surface area (Å²) in [6.07, 6.45) is 0.503. The Bertz CT molecular complexity index is 567. The fourth-order valence-electron chi connectivity index (χ4n) is 2.92. The van der Waals surface area contributed by atoms with Gasteiger partial charge in [0.05, 0.1) is 5.56 Å². The Morgan fingerprint density at radius 3 is 2.21 bits per heavy atom. The first-order chi connectivity index (χ1) is 11.6. The number of hydrogen-bond acceptors (Lipinski definition) is 3. The molecule has 5 nitrogen and oxygen atoms in total. The van der Waals surface area contributed by atoms with Gasteiger partial charge < -0.3 is 14.7 Å². The first-order valence-electron chi connectivity index (χ1n) is 8.60. The van der Waals surface area contributed by atoms with Gasteiger partial charge in [-0.25, -0.2) is 4.39 Å². The molecule has 0 bridgehead atoms. The van der Waals surface area contributed by atoms with Gasteiger partial charge in [-0.3, -0.25) is 9.59 Å². The van der Waals surface area contributed by atoms with Crippen LogP contribution in [0.5, 0.6) is 0 Å². The minimum atomic E-state index is -0.500. The second-order valence-electron chi connectivity index (χ2n) is 5.93. The van der Waals surface area contributed by atoms with Crippen LogP contribution in [0.2, 0.25) is 0 Å². The smallest absolute Gasteiger partial charge is 0.256 e. The average Bonchev–Trinajstić information content (AvgIpc) is 2.62. The summed E-state index contributed by atoms with van der Waals surface area (Å²) in [5, 5.41) is 0. The van der Waals surface area contributed by atoms with Crippen molar-refractivity contribution in [2.24, 2.45) is 0 Å². The highest BCUT2D eigenvalue weighted by molar-refractivity contribution is 5.94. The summed E-state index contributed by atoms with van der Waals surface area (Å²) in [7, 11) is 0. The van der Waals surface area contributed by atoms with Crippen LogP contribution in [0.15, 0.2) is 24.3 Å². The van der Waals surface area contributed by atoms with Crippen molar-refractivity contribution in [3.05, 3.63) is 35.6 Å². The first kappa shape index (κ1) is 18.4. The highest BCUT2D eigenvalue weighted by Crippen LogP contribution is 2.13. The van der Waals surface area contributed by atoms with E-state index in [0.717, 1.165) is 19.6 Å². The van der Waals surface area contributed by atoms with Gasteiger partial charge in [0, 0.05) is 39.1 Å². The maximum Gasteiger partial charge on any atom is 0.256 e. The van der Waals surface area contributed by atoms with Gasteiger partial charge in [-0.1, -0.05) is 26.0 Å². The minimum Gasteiger partial charge on any atom is -0.339 e. The third-order valence-corrected chi connectivity index (χ3v) is 4.56. The summed E-state index contributed by atoms with van der Waals surface area (Å²) in [6, 6.07) is 6.02. The van der Waals surface area contributed by atoms with Gasteiger partial charge in [-0.05, 0) is 25.2 Å². The molecule has 0 saturated carbocycles. The summed E-state index contributed by atoms with van der Waals surface area (Å²) in [5.74, 6) is -0.677. The van der Waals surface area contributed by atoms with E-state index >= 15 is 0 Å². The molecular weight excluding hydrogens is 309 g/mol. The van der Waals surface area contributed by atoms with Crippen molar-refractivity contribution in [3.63, 3.8) is 0 Å². The van der Waals surface area contributed by atoms with Crippen LogP contribution < -0.4 is 0 Å². The standard InChI is InChI=1S/C18H26FN3O2/c1-3-20(4-2)10-9-17(23)21-11-13-22(14-12-21)18(24)15-7-5-6-8-16(15)19/h5-8H,3-4,9-14H2,1-2H3. The summed E-state index contributed by atoms with van der Waals surface area (Å²) < 4.78 is 13.7. The molecule has 24 heavy (non-hydrogen) atoms. The Morgan fingerprint density at radius 2 is 1.62 bits per heavy atom. The quantitative estimate of drug-likeness (QED) is 0.797. The van der Waals surface area contributed by atoms with Crippen molar-refractivity contribution in [3.8, 4) is 0 Å². The molecule has 0 radical (unpaired) electrons. The van der Waals surface area contributed by atoms with Crippen molar-refractivity contribution in [2.75, 3.05) is 45.8 Å². The monoisotopic (exact) mass is 335 g/mol. The molecule has 1 aliphatic heterocycles. The fourth-order valence-corrected chi connectivity index (χ4v) is 2.92. The molecule has 0 atom stereocenters.